The Bertz CT molecular complexity index is 1190. The molecule has 0 aliphatic rings. The molecule has 0 saturated carbocycles. The minimum atomic E-state index is -0.518. The van der Waals surface area contributed by atoms with E-state index in [1.807, 2.05) is 6.07 Å². The molecule has 6 heteroatoms. The van der Waals surface area contributed by atoms with Crippen molar-refractivity contribution in [3.8, 4) is 51.2 Å². The van der Waals surface area contributed by atoms with Crippen molar-refractivity contribution in [3.63, 3.8) is 0 Å². The lowest BCUT2D eigenvalue weighted by Crippen LogP contribution is -1.93. The molecular formula is C23H17FN2O3. The largest absolute Gasteiger partial charge is 0.507 e. The van der Waals surface area contributed by atoms with Crippen LogP contribution >= 0.6 is 0 Å². The molecule has 2 N–H and O–H groups in total. The van der Waals surface area contributed by atoms with E-state index in [0.29, 0.717) is 39.7 Å². The number of hydrogen-bond donors (Lipinski definition) is 2. The quantitative estimate of drug-likeness (QED) is 0.512. The Balaban J connectivity index is 1.74. The van der Waals surface area contributed by atoms with Gasteiger partial charge >= 0.3 is 0 Å². The lowest BCUT2D eigenvalue weighted by Gasteiger charge is -2.09. The molecule has 2 aromatic heterocycles. The van der Waals surface area contributed by atoms with E-state index in [2.05, 4.69) is 9.97 Å². The lowest BCUT2D eigenvalue weighted by molar-refractivity contribution is 0.408. The molecule has 4 aromatic rings. The van der Waals surface area contributed by atoms with Crippen molar-refractivity contribution in [2.75, 3.05) is 7.11 Å². The van der Waals surface area contributed by atoms with Gasteiger partial charge in [-0.25, -0.2) is 14.4 Å². The van der Waals surface area contributed by atoms with Crippen molar-refractivity contribution < 1.29 is 19.3 Å². The van der Waals surface area contributed by atoms with Crippen molar-refractivity contribution in [3.05, 3.63) is 78.6 Å². The predicted molar refractivity (Wildman–Crippen MR) is 108 cm³/mol. The Hall–Kier alpha value is -3.93. The second-order valence-corrected chi connectivity index (χ2v) is 6.36. The number of hydrogen-bond acceptors (Lipinski definition) is 5. The maximum absolute atomic E-state index is 13.3. The van der Waals surface area contributed by atoms with E-state index < -0.39 is 5.82 Å². The Morgan fingerprint density at radius 3 is 1.72 bits per heavy atom. The van der Waals surface area contributed by atoms with Crippen LogP contribution in [0.25, 0.3) is 33.9 Å². The van der Waals surface area contributed by atoms with Crippen LogP contribution < -0.4 is 4.74 Å². The number of aromatic hydroxyl groups is 2. The van der Waals surface area contributed by atoms with Crippen LogP contribution in [0.2, 0.25) is 0 Å². The molecule has 0 radical (unpaired) electrons. The van der Waals surface area contributed by atoms with Gasteiger partial charge in [-0.2, -0.15) is 0 Å². The van der Waals surface area contributed by atoms with Crippen molar-refractivity contribution in [2.24, 2.45) is 0 Å². The molecule has 2 heterocycles. The highest BCUT2D eigenvalue weighted by Crippen LogP contribution is 2.33. The van der Waals surface area contributed by atoms with E-state index >= 15 is 0 Å². The number of phenolic OH excluding ortho intramolecular Hbond substituents is 2. The lowest BCUT2D eigenvalue weighted by atomic mass is 10.1. The summed E-state index contributed by atoms with van der Waals surface area (Å²) in [7, 11) is 1.53. The fourth-order valence-corrected chi connectivity index (χ4v) is 3.03. The zero-order chi connectivity index (χ0) is 20.4. The number of nitrogens with zero attached hydrogens (tertiary/aromatic N) is 2. The van der Waals surface area contributed by atoms with Crippen LogP contribution in [-0.4, -0.2) is 27.3 Å². The summed E-state index contributed by atoms with van der Waals surface area (Å²) in [6, 6.07) is 19.6. The zero-order valence-corrected chi connectivity index (χ0v) is 15.5. The fraction of sp³-hybridized carbons (Fsp3) is 0.0435. The Morgan fingerprint density at radius 1 is 0.690 bits per heavy atom. The summed E-state index contributed by atoms with van der Waals surface area (Å²) in [5.74, 6) is -0.0848. The first-order valence-electron chi connectivity index (χ1n) is 8.86. The molecule has 0 atom stereocenters. The molecule has 0 amide bonds. The summed E-state index contributed by atoms with van der Waals surface area (Å²) in [6.45, 7) is 0. The predicted octanol–water partition coefficient (Wildman–Crippen LogP) is 5.04. The van der Waals surface area contributed by atoms with Crippen molar-refractivity contribution >= 4 is 0 Å². The van der Waals surface area contributed by atoms with Crippen LogP contribution in [0.5, 0.6) is 17.2 Å². The number of halogens is 1. The zero-order valence-electron chi connectivity index (χ0n) is 15.5. The second kappa shape index (κ2) is 7.59. The molecule has 0 spiro atoms. The topological polar surface area (TPSA) is 75.5 Å². The summed E-state index contributed by atoms with van der Waals surface area (Å²) in [6.07, 6.45) is 0. The number of pyridine rings is 2. The molecule has 0 aliphatic carbocycles. The minimum Gasteiger partial charge on any atom is -0.507 e. The number of benzene rings is 2. The van der Waals surface area contributed by atoms with Gasteiger partial charge < -0.3 is 14.9 Å². The number of aromatic nitrogens is 2. The maximum atomic E-state index is 13.3. The first-order valence-corrected chi connectivity index (χ1v) is 8.86. The molecule has 0 bridgehead atoms. The molecule has 0 fully saturated rings. The van der Waals surface area contributed by atoms with Gasteiger partial charge in [0.05, 0.1) is 29.9 Å². The van der Waals surface area contributed by atoms with Crippen LogP contribution in [0.3, 0.4) is 0 Å². The summed E-state index contributed by atoms with van der Waals surface area (Å²) < 4.78 is 18.4. The number of rotatable bonds is 4. The van der Waals surface area contributed by atoms with E-state index in [0.717, 1.165) is 6.07 Å². The van der Waals surface area contributed by atoms with E-state index in [1.165, 1.54) is 25.3 Å². The molecule has 0 unspecified atom stereocenters. The van der Waals surface area contributed by atoms with Gasteiger partial charge in [-0.05, 0) is 48.5 Å². The first-order chi connectivity index (χ1) is 14.0. The van der Waals surface area contributed by atoms with Crippen molar-refractivity contribution in [2.45, 2.75) is 0 Å². The summed E-state index contributed by atoms with van der Waals surface area (Å²) in [5, 5.41) is 20.3. The van der Waals surface area contributed by atoms with E-state index in [4.69, 9.17) is 4.74 Å². The summed E-state index contributed by atoms with van der Waals surface area (Å²) in [5.41, 5.74) is 3.26. The van der Waals surface area contributed by atoms with Gasteiger partial charge in [-0.1, -0.05) is 12.1 Å². The number of methoxy groups -OCH3 is 1. The normalized spacial score (nSPS) is 10.7. The van der Waals surface area contributed by atoms with Gasteiger partial charge in [0, 0.05) is 23.3 Å². The highest BCUT2D eigenvalue weighted by molar-refractivity contribution is 5.72. The molecule has 0 aliphatic heterocycles. The smallest absolute Gasteiger partial charge is 0.128 e. The van der Waals surface area contributed by atoms with Crippen LogP contribution in [0, 0.1) is 5.82 Å². The van der Waals surface area contributed by atoms with Crippen molar-refractivity contribution in [1.82, 2.24) is 9.97 Å². The molecular weight excluding hydrogens is 371 g/mol. The molecule has 0 saturated heterocycles. The van der Waals surface area contributed by atoms with E-state index in [9.17, 15) is 14.6 Å². The number of phenols is 2. The van der Waals surface area contributed by atoms with Gasteiger partial charge in [0.1, 0.15) is 23.1 Å². The third kappa shape index (κ3) is 3.73. The standard InChI is InChI=1S/C23H17FN2O3/c1-29-15-9-11-17(23(28)13-15)19-5-3-7-21(26-19)20-6-2-4-18(25-20)16-10-8-14(24)12-22(16)27/h2-13,27-28H,1H3. The van der Waals surface area contributed by atoms with Gasteiger partial charge in [0.15, 0.2) is 0 Å². The molecule has 29 heavy (non-hydrogen) atoms. The first kappa shape index (κ1) is 18.4. The summed E-state index contributed by atoms with van der Waals surface area (Å²) in [4.78, 5) is 9.18. The molecule has 4 rings (SSSR count). The second-order valence-electron chi connectivity index (χ2n) is 6.36. The molecule has 5 nitrogen and oxygen atoms in total. The Labute approximate surface area is 166 Å². The maximum Gasteiger partial charge on any atom is 0.128 e. The average molecular weight is 388 g/mol. The average Bonchev–Trinajstić information content (AvgIpc) is 2.74. The van der Waals surface area contributed by atoms with Gasteiger partial charge in [0.25, 0.3) is 0 Å². The monoisotopic (exact) mass is 388 g/mol. The van der Waals surface area contributed by atoms with E-state index in [1.54, 1.807) is 42.5 Å². The third-order valence-electron chi connectivity index (χ3n) is 4.48. The Morgan fingerprint density at radius 2 is 1.21 bits per heavy atom. The van der Waals surface area contributed by atoms with Crippen LogP contribution in [-0.2, 0) is 0 Å². The van der Waals surface area contributed by atoms with Gasteiger partial charge in [0.2, 0.25) is 0 Å². The van der Waals surface area contributed by atoms with Crippen LogP contribution in [0.4, 0.5) is 4.39 Å². The highest BCUT2D eigenvalue weighted by Gasteiger charge is 2.12. The van der Waals surface area contributed by atoms with E-state index in [-0.39, 0.29) is 11.5 Å². The SMILES string of the molecule is COc1ccc(-c2cccc(-c3cccc(-c4ccc(F)cc4O)n3)n2)c(O)c1. The highest BCUT2D eigenvalue weighted by atomic mass is 19.1. The van der Waals surface area contributed by atoms with Gasteiger partial charge in [-0.3, -0.25) is 0 Å². The molecule has 2 aromatic carbocycles. The van der Waals surface area contributed by atoms with Crippen LogP contribution in [0.15, 0.2) is 72.8 Å². The summed E-state index contributed by atoms with van der Waals surface area (Å²) >= 11 is 0. The third-order valence-corrected chi connectivity index (χ3v) is 4.48. The van der Waals surface area contributed by atoms with Crippen molar-refractivity contribution in [1.29, 1.82) is 0 Å². The Kier molecular flexibility index (Phi) is 4.83. The van der Waals surface area contributed by atoms with Crippen LogP contribution in [0.1, 0.15) is 0 Å². The fourth-order valence-electron chi connectivity index (χ4n) is 3.03. The number of ether oxygens (including phenoxy) is 1. The van der Waals surface area contributed by atoms with Gasteiger partial charge in [-0.15, -0.1) is 0 Å². The molecule has 144 valence electrons. The minimum absolute atomic E-state index is 0.0620.